The van der Waals surface area contributed by atoms with Gasteiger partial charge in [-0.2, -0.15) is 12.6 Å². The lowest BCUT2D eigenvalue weighted by atomic mass is 9.85. The number of benzene rings is 2. The first-order valence-electron chi connectivity index (χ1n) is 26.4. The number of primary amides is 2. The zero-order valence-electron chi connectivity index (χ0n) is 46.7. The van der Waals surface area contributed by atoms with Crippen molar-refractivity contribution in [2.75, 3.05) is 24.7 Å². The summed E-state index contributed by atoms with van der Waals surface area (Å²) >= 11 is 3.53. The Morgan fingerprint density at radius 2 is 1.51 bits per heavy atom. The van der Waals surface area contributed by atoms with E-state index in [1.807, 2.05) is 34.6 Å². The van der Waals surface area contributed by atoms with Crippen LogP contribution in [0.1, 0.15) is 138 Å². The fourth-order valence-electron chi connectivity index (χ4n) is 8.61. The number of amides is 8. The van der Waals surface area contributed by atoms with E-state index in [1.54, 1.807) is 61.9 Å². The molecule has 0 spiro atoms. The molecular formula is C55H74FN9O14S. The number of carbonyl (C=O) groups is 9. The van der Waals surface area contributed by atoms with Gasteiger partial charge < -0.3 is 56.7 Å². The number of imide groups is 1. The summed E-state index contributed by atoms with van der Waals surface area (Å²) in [6.07, 6.45) is 2.58. The van der Waals surface area contributed by atoms with Gasteiger partial charge in [0.15, 0.2) is 6.10 Å². The van der Waals surface area contributed by atoms with Crippen LogP contribution in [-0.2, 0) is 80.5 Å². The number of pyridine rings is 2. The van der Waals surface area contributed by atoms with E-state index >= 15 is 0 Å². The number of rotatable bonds is 15. The minimum Gasteiger partial charge on any atom is -0.458 e. The van der Waals surface area contributed by atoms with Crippen molar-refractivity contribution in [2.45, 2.75) is 145 Å². The van der Waals surface area contributed by atoms with Crippen molar-refractivity contribution in [2.24, 2.45) is 17.4 Å². The Morgan fingerprint density at radius 1 is 0.875 bits per heavy atom. The molecule has 23 nitrogen and oxygen atoms in total. The zero-order valence-corrected chi connectivity index (χ0v) is 47.6. The number of nitrogens with zero attached hydrogens (tertiary/aromatic N) is 3. The van der Waals surface area contributed by atoms with Gasteiger partial charge in [0.25, 0.3) is 17.4 Å². The van der Waals surface area contributed by atoms with Gasteiger partial charge in [0, 0.05) is 60.5 Å². The van der Waals surface area contributed by atoms with Crippen LogP contribution in [0, 0.1) is 18.7 Å². The van der Waals surface area contributed by atoms with E-state index in [0.717, 1.165) is 47.8 Å². The molecule has 8 rings (SSSR count). The molecule has 2 atom stereocenters. The average molecular weight is 1140 g/mol. The number of fused-ring (bicyclic) bond motifs is 5. The summed E-state index contributed by atoms with van der Waals surface area (Å²) < 4.78 is 25.7. The van der Waals surface area contributed by atoms with Gasteiger partial charge in [-0.15, -0.1) is 5.06 Å². The number of aliphatic hydroxyl groups excluding tert-OH is 1. The number of nitrogens with two attached hydrogens (primary N) is 2. The maximum Gasteiger partial charge on any atom is 0.404 e. The van der Waals surface area contributed by atoms with Crippen molar-refractivity contribution < 1.29 is 67.0 Å². The summed E-state index contributed by atoms with van der Waals surface area (Å²) in [4.78, 5) is 127. The Hall–Kier alpha value is -7.93. The van der Waals surface area contributed by atoms with Gasteiger partial charge in [-0.25, -0.2) is 28.6 Å². The van der Waals surface area contributed by atoms with E-state index in [0.29, 0.717) is 57.4 Å². The molecule has 8 amide bonds. The Labute approximate surface area is 468 Å². The van der Waals surface area contributed by atoms with E-state index in [9.17, 15) is 57.4 Å². The summed E-state index contributed by atoms with van der Waals surface area (Å²) in [5.41, 5.74) is 16.6. The van der Waals surface area contributed by atoms with Gasteiger partial charge >= 0.3 is 24.1 Å². The molecule has 3 aliphatic heterocycles. The van der Waals surface area contributed by atoms with E-state index in [1.165, 1.54) is 6.07 Å². The smallest absolute Gasteiger partial charge is 0.404 e. The van der Waals surface area contributed by atoms with Crippen molar-refractivity contribution in [3.63, 3.8) is 0 Å². The van der Waals surface area contributed by atoms with Gasteiger partial charge in [0.05, 0.1) is 35.6 Å². The second kappa shape index (κ2) is 32.2. The third-order valence-electron chi connectivity index (χ3n) is 12.4. The number of thiol groups is 1. The number of anilines is 1. The molecule has 0 saturated carbocycles. The molecule has 2 aromatic heterocycles. The molecule has 80 heavy (non-hydrogen) atoms. The van der Waals surface area contributed by atoms with Crippen LogP contribution in [0.3, 0.4) is 0 Å². The minimum atomic E-state index is -1.48. The Balaban J connectivity index is 0.000000352. The highest BCUT2D eigenvalue weighted by Crippen LogP contribution is 2.42. The highest BCUT2D eigenvalue weighted by molar-refractivity contribution is 7.79. The predicted octanol–water partition coefficient (Wildman–Crippen LogP) is 5.37. The second-order valence-electron chi connectivity index (χ2n) is 18.0. The van der Waals surface area contributed by atoms with Crippen LogP contribution in [0.25, 0.3) is 22.3 Å². The van der Waals surface area contributed by atoms with E-state index < -0.39 is 65.7 Å². The number of aryl methyl sites for hydroxylation is 2. The van der Waals surface area contributed by atoms with Crippen LogP contribution in [0.15, 0.2) is 41.2 Å². The SMILES string of the molecule is CC.CC.CC(C)C(NC(=O)CCCC(=O)ON1C(=O)CCC1=O)C(=O)NCC(=O)Nc1ccc(COC(N)=O)cc1.CCCNC(N)=O.CS.Cc1c(F)cc2nc3c(c4c2c1CCC4)Cn1c-3cc2c(c1=O)COC(=O)C2O. The molecule has 0 radical (unpaired) electrons. The van der Waals surface area contributed by atoms with Gasteiger partial charge in [-0.1, -0.05) is 60.6 Å². The van der Waals surface area contributed by atoms with Crippen molar-refractivity contribution in [1.82, 2.24) is 30.6 Å². The number of hydrogen-bond donors (Lipinski definition) is 8. The first kappa shape index (κ1) is 66.4. The maximum atomic E-state index is 14.5. The van der Waals surface area contributed by atoms with Crippen molar-refractivity contribution in [3.05, 3.63) is 91.5 Å². The predicted molar refractivity (Wildman–Crippen MR) is 298 cm³/mol. The lowest BCUT2D eigenvalue weighted by Gasteiger charge is -2.22. The number of cyclic esters (lactones) is 1. The number of halogens is 1. The highest BCUT2D eigenvalue weighted by Gasteiger charge is 2.36. The number of hydroxylamine groups is 2. The molecule has 1 aliphatic carbocycles. The molecule has 436 valence electrons. The number of aliphatic hydroxyl groups is 1. The standard InChI is InChI=1S/C24H31N5O9.C22H17FN2O4.C4H10N2O.2C2H6.CH4S/c1-14(2)22(28-17(30)4-3-5-21(34)38-29-19(32)10-11-20(29)33)23(35)26-12-18(31)27-16-8-6-15(7-9-16)13-37-24(25)36;1-9-10-3-2-4-11-13-7-25-17(19(13)24-16(18(10)11)6-15(9)23)5-12-14(21(25)27)8-29-22(28)20(12)26;1-2-3-6-4(5)7;3*1-2/h6-9,14,22H,3-5,10-13H2,1-2H3,(H2,25,36)(H,26,35)(H,27,31)(H,28,30);5-6,20,26H,2-4,7-8H2,1H3;2-3H2,1H3,(H3,5,6,7);2*1-2H3;2H,1H3. The van der Waals surface area contributed by atoms with Crippen molar-refractivity contribution >= 4 is 82.8 Å². The summed E-state index contributed by atoms with van der Waals surface area (Å²) in [7, 11) is 0. The molecule has 4 aliphatic rings. The largest absolute Gasteiger partial charge is 0.458 e. The first-order chi connectivity index (χ1) is 38.2. The number of esters is 1. The Bertz CT molecular complexity index is 2950. The first-order valence-corrected chi connectivity index (χ1v) is 27.3. The fraction of sp³-hybridized carbons (Fsp3) is 0.473. The monoisotopic (exact) mass is 1140 g/mol. The molecule has 1 fully saturated rings. The van der Waals surface area contributed by atoms with Gasteiger partial charge in [-0.3, -0.25) is 28.8 Å². The Kier molecular flexibility index (Phi) is 26.7. The summed E-state index contributed by atoms with van der Waals surface area (Å²) in [5.74, 6) is -4.89. The molecule has 1 saturated heterocycles. The fourth-order valence-corrected chi connectivity index (χ4v) is 8.61. The van der Waals surface area contributed by atoms with Crippen LogP contribution >= 0.6 is 12.6 Å². The highest BCUT2D eigenvalue weighted by atomic mass is 32.1. The third kappa shape index (κ3) is 17.5. The van der Waals surface area contributed by atoms with E-state index in [2.05, 4.69) is 38.6 Å². The Morgan fingerprint density at radius 3 is 2.10 bits per heavy atom. The van der Waals surface area contributed by atoms with Crippen LogP contribution < -0.4 is 38.3 Å². The number of nitrogens with one attached hydrogen (secondary N) is 4. The number of aromatic nitrogens is 2. The molecule has 0 bridgehead atoms. The minimum absolute atomic E-state index is 0.00731. The summed E-state index contributed by atoms with van der Waals surface area (Å²) in [6.45, 7) is 15.8. The zero-order chi connectivity index (χ0) is 60.0. The number of hydrogen-bond acceptors (Lipinski definition) is 16. The van der Waals surface area contributed by atoms with Gasteiger partial charge in [0.1, 0.15) is 25.1 Å². The number of urea groups is 1. The molecule has 2 unspecified atom stereocenters. The summed E-state index contributed by atoms with van der Waals surface area (Å²) in [5, 5.41) is 21.8. The normalized spacial score (nSPS) is 14.3. The molecule has 2 aromatic carbocycles. The lowest BCUT2D eigenvalue weighted by molar-refractivity contribution is -0.197. The van der Waals surface area contributed by atoms with Gasteiger partial charge in [0.2, 0.25) is 17.7 Å². The molecule has 5 heterocycles. The van der Waals surface area contributed by atoms with Crippen molar-refractivity contribution in [3.8, 4) is 11.4 Å². The van der Waals surface area contributed by atoms with Crippen LogP contribution in [-0.4, -0.2) is 98.7 Å². The number of ether oxygens (including phenoxy) is 2. The maximum absolute atomic E-state index is 14.5. The quantitative estimate of drug-likeness (QED) is 0.0371. The van der Waals surface area contributed by atoms with Crippen LogP contribution in [0.4, 0.5) is 19.7 Å². The lowest BCUT2D eigenvalue weighted by Crippen LogP contribution is -2.51. The van der Waals surface area contributed by atoms with Crippen molar-refractivity contribution in [1.29, 1.82) is 0 Å². The van der Waals surface area contributed by atoms with E-state index in [-0.39, 0.29) is 74.7 Å². The average Bonchev–Trinajstić information content (AvgIpc) is 4.16. The molecular weight excluding hydrogens is 1060 g/mol. The number of carbonyl (C=O) groups excluding carboxylic acids is 9. The molecule has 9 N–H and O–H groups in total. The molecule has 4 aromatic rings. The summed E-state index contributed by atoms with van der Waals surface area (Å²) in [6, 6.07) is 8.20. The van der Waals surface area contributed by atoms with Gasteiger partial charge in [-0.05, 0) is 91.7 Å². The van der Waals surface area contributed by atoms with E-state index in [4.69, 9.17) is 26.0 Å². The molecule has 25 heteroatoms. The van der Waals surface area contributed by atoms with Crippen LogP contribution in [0.2, 0.25) is 0 Å². The topological polar surface area (TPSA) is 340 Å². The second-order valence-corrected chi connectivity index (χ2v) is 18.0. The third-order valence-corrected chi connectivity index (χ3v) is 12.4. The van der Waals surface area contributed by atoms with Crippen LogP contribution in [0.5, 0.6) is 0 Å².